The zero-order valence-electron chi connectivity index (χ0n) is 12.2. The van der Waals surface area contributed by atoms with Gasteiger partial charge in [-0.1, -0.05) is 42.5 Å². The van der Waals surface area contributed by atoms with E-state index in [-0.39, 0.29) is 23.7 Å². The first kappa shape index (κ1) is 15.0. The van der Waals surface area contributed by atoms with Crippen LogP contribution in [0.15, 0.2) is 42.5 Å². The van der Waals surface area contributed by atoms with E-state index in [0.29, 0.717) is 0 Å². The highest BCUT2D eigenvalue weighted by atomic mass is 16.3. The Bertz CT molecular complexity index is 464. The number of carbonyl (C=O) groups excluding carboxylic acids is 1. The van der Waals surface area contributed by atoms with Crippen LogP contribution in [0.5, 0.6) is 0 Å². The first-order valence-corrected chi connectivity index (χ1v) is 7.48. The molecule has 1 aliphatic rings. The summed E-state index contributed by atoms with van der Waals surface area (Å²) in [7, 11) is 0. The predicted octanol–water partition coefficient (Wildman–Crippen LogP) is 3.54. The van der Waals surface area contributed by atoms with Gasteiger partial charge in [0.05, 0.1) is 6.10 Å². The van der Waals surface area contributed by atoms with Gasteiger partial charge < -0.3 is 5.11 Å². The molecule has 0 aromatic heterocycles. The lowest BCUT2D eigenvalue weighted by molar-refractivity contribution is -0.122. The zero-order valence-corrected chi connectivity index (χ0v) is 12.2. The second kappa shape index (κ2) is 6.85. The summed E-state index contributed by atoms with van der Waals surface area (Å²) in [6.45, 7) is 5.75. The first-order valence-electron chi connectivity index (χ1n) is 7.48. The van der Waals surface area contributed by atoms with Crippen LogP contribution in [0.1, 0.15) is 38.2 Å². The topological polar surface area (TPSA) is 37.3 Å². The average Bonchev–Trinajstić information content (AvgIpc) is 2.46. The van der Waals surface area contributed by atoms with Gasteiger partial charge in [0.15, 0.2) is 0 Å². The number of aliphatic hydroxyl groups is 1. The molecule has 1 saturated carbocycles. The smallest absolute Gasteiger partial charge is 0.132 e. The van der Waals surface area contributed by atoms with E-state index in [9.17, 15) is 9.90 Å². The van der Waals surface area contributed by atoms with Crippen LogP contribution in [0.2, 0.25) is 0 Å². The monoisotopic (exact) mass is 272 g/mol. The van der Waals surface area contributed by atoms with E-state index in [0.717, 1.165) is 37.7 Å². The van der Waals surface area contributed by atoms with Crippen LogP contribution in [0.3, 0.4) is 0 Å². The summed E-state index contributed by atoms with van der Waals surface area (Å²) in [5, 5.41) is 10.4. The Kier molecular flexibility index (Phi) is 5.13. The molecule has 0 heterocycles. The minimum absolute atomic E-state index is 0.0846. The molecule has 2 nitrogen and oxygen atoms in total. The predicted molar refractivity (Wildman–Crippen MR) is 81.4 cm³/mol. The molecular weight excluding hydrogens is 248 g/mol. The number of aliphatic hydroxyl groups excluding tert-OH is 1. The van der Waals surface area contributed by atoms with Crippen molar-refractivity contribution in [2.75, 3.05) is 0 Å². The third-order valence-electron chi connectivity index (χ3n) is 4.49. The summed E-state index contributed by atoms with van der Waals surface area (Å²) in [5.74, 6) is 0.441. The molecule has 2 rings (SSSR count). The van der Waals surface area contributed by atoms with Gasteiger partial charge in [0.25, 0.3) is 0 Å². The Morgan fingerprint density at radius 3 is 2.75 bits per heavy atom. The number of carbonyl (C=O) groups is 1. The van der Waals surface area contributed by atoms with E-state index < -0.39 is 0 Å². The first-order chi connectivity index (χ1) is 9.58. The van der Waals surface area contributed by atoms with Crippen molar-refractivity contribution in [1.29, 1.82) is 0 Å². The van der Waals surface area contributed by atoms with E-state index in [4.69, 9.17) is 0 Å². The van der Waals surface area contributed by atoms with Crippen LogP contribution in [0, 0.1) is 11.8 Å². The number of ketones is 1. The van der Waals surface area contributed by atoms with Crippen molar-refractivity contribution < 1.29 is 9.90 Å². The molecule has 1 aromatic carbocycles. The van der Waals surface area contributed by atoms with Crippen LogP contribution in [0.25, 0.3) is 0 Å². The maximum Gasteiger partial charge on any atom is 0.132 e. The molecule has 0 aliphatic heterocycles. The van der Waals surface area contributed by atoms with Crippen LogP contribution >= 0.6 is 0 Å². The highest BCUT2D eigenvalue weighted by Gasteiger charge is 2.31. The molecular formula is C18H24O2. The zero-order chi connectivity index (χ0) is 14.5. The van der Waals surface area contributed by atoms with Gasteiger partial charge in [-0.2, -0.15) is 0 Å². The standard InChI is InChI=1S/C18H24O2/c1-13-8-10-16(14(2)19)12-17(13)18(20)11-9-15-6-4-3-5-7-15/h3-7,16-18,20H,1,8-12H2,2H3/t16-,17-,18-/m1/s1. The van der Waals surface area contributed by atoms with Crippen molar-refractivity contribution in [3.63, 3.8) is 0 Å². The van der Waals surface area contributed by atoms with Gasteiger partial charge in [-0.3, -0.25) is 4.79 Å². The maximum atomic E-state index is 11.5. The molecule has 0 spiro atoms. The second-order valence-electron chi connectivity index (χ2n) is 5.94. The van der Waals surface area contributed by atoms with E-state index in [1.54, 1.807) is 6.92 Å². The van der Waals surface area contributed by atoms with E-state index in [1.807, 2.05) is 18.2 Å². The van der Waals surface area contributed by atoms with Crippen molar-refractivity contribution in [2.45, 2.75) is 45.1 Å². The van der Waals surface area contributed by atoms with E-state index in [2.05, 4.69) is 18.7 Å². The van der Waals surface area contributed by atoms with Crippen LogP contribution in [-0.4, -0.2) is 17.0 Å². The lowest BCUT2D eigenvalue weighted by Gasteiger charge is -2.33. The van der Waals surface area contributed by atoms with Crippen molar-refractivity contribution in [3.8, 4) is 0 Å². The molecule has 0 bridgehead atoms. The summed E-state index contributed by atoms with van der Waals surface area (Å²) in [4.78, 5) is 11.5. The maximum absolute atomic E-state index is 11.5. The number of hydrogen-bond acceptors (Lipinski definition) is 2. The van der Waals surface area contributed by atoms with Crippen molar-refractivity contribution >= 4 is 5.78 Å². The molecule has 0 unspecified atom stereocenters. The quantitative estimate of drug-likeness (QED) is 0.832. The molecule has 1 fully saturated rings. The Morgan fingerprint density at radius 1 is 1.40 bits per heavy atom. The second-order valence-corrected chi connectivity index (χ2v) is 5.94. The van der Waals surface area contributed by atoms with Crippen LogP contribution in [-0.2, 0) is 11.2 Å². The van der Waals surface area contributed by atoms with E-state index in [1.165, 1.54) is 5.56 Å². The van der Waals surface area contributed by atoms with E-state index >= 15 is 0 Å². The molecule has 0 saturated heterocycles. The number of rotatable bonds is 5. The lowest BCUT2D eigenvalue weighted by atomic mass is 9.74. The Hall–Kier alpha value is -1.41. The largest absolute Gasteiger partial charge is 0.392 e. The highest BCUT2D eigenvalue weighted by molar-refractivity contribution is 5.78. The number of aryl methyl sites for hydroxylation is 1. The summed E-state index contributed by atoms with van der Waals surface area (Å²) in [6, 6.07) is 10.2. The molecule has 108 valence electrons. The van der Waals surface area contributed by atoms with Gasteiger partial charge in [0, 0.05) is 11.8 Å². The third kappa shape index (κ3) is 3.80. The molecule has 2 heteroatoms. The lowest BCUT2D eigenvalue weighted by Crippen LogP contribution is -2.31. The van der Waals surface area contributed by atoms with Gasteiger partial charge in [-0.15, -0.1) is 0 Å². The summed E-state index contributed by atoms with van der Waals surface area (Å²) in [6.07, 6.45) is 3.76. The fourth-order valence-corrected chi connectivity index (χ4v) is 3.09. The van der Waals surface area contributed by atoms with Gasteiger partial charge in [-0.05, 0) is 44.6 Å². The Labute approximate surface area is 121 Å². The summed E-state index contributed by atoms with van der Waals surface area (Å²) in [5.41, 5.74) is 2.36. The van der Waals surface area contributed by atoms with Gasteiger partial charge in [0.2, 0.25) is 0 Å². The normalized spacial score (nSPS) is 24.4. The number of hydrogen-bond donors (Lipinski definition) is 1. The molecule has 1 N–H and O–H groups in total. The summed E-state index contributed by atoms with van der Waals surface area (Å²) >= 11 is 0. The number of Topliss-reactive ketones (excluding diaryl/α,β-unsaturated/α-hetero) is 1. The minimum Gasteiger partial charge on any atom is -0.392 e. The van der Waals surface area contributed by atoms with Gasteiger partial charge >= 0.3 is 0 Å². The Balaban J connectivity index is 1.91. The molecule has 1 aromatic rings. The highest BCUT2D eigenvalue weighted by Crippen LogP contribution is 2.36. The van der Waals surface area contributed by atoms with Gasteiger partial charge in [-0.25, -0.2) is 0 Å². The average molecular weight is 272 g/mol. The molecule has 1 aliphatic carbocycles. The molecule has 3 atom stereocenters. The number of benzene rings is 1. The third-order valence-corrected chi connectivity index (χ3v) is 4.49. The van der Waals surface area contributed by atoms with Crippen LogP contribution < -0.4 is 0 Å². The fraction of sp³-hybridized carbons (Fsp3) is 0.500. The molecule has 0 amide bonds. The van der Waals surface area contributed by atoms with Gasteiger partial charge in [0.1, 0.15) is 5.78 Å². The molecule has 0 radical (unpaired) electrons. The Morgan fingerprint density at radius 2 is 2.10 bits per heavy atom. The molecule has 20 heavy (non-hydrogen) atoms. The fourth-order valence-electron chi connectivity index (χ4n) is 3.09. The van der Waals surface area contributed by atoms with Crippen LogP contribution in [0.4, 0.5) is 0 Å². The SMILES string of the molecule is C=C1CC[C@@H](C(C)=O)C[C@H]1[C@H](O)CCc1ccccc1. The van der Waals surface area contributed by atoms with Crippen molar-refractivity contribution in [2.24, 2.45) is 11.8 Å². The summed E-state index contributed by atoms with van der Waals surface area (Å²) < 4.78 is 0. The van der Waals surface area contributed by atoms with Crippen molar-refractivity contribution in [1.82, 2.24) is 0 Å². The minimum atomic E-state index is -0.384. The van der Waals surface area contributed by atoms with Crippen molar-refractivity contribution in [3.05, 3.63) is 48.0 Å².